The van der Waals surface area contributed by atoms with Crippen LogP contribution in [0.5, 0.6) is 28.7 Å². The lowest BCUT2D eigenvalue weighted by molar-refractivity contribution is -0.136. The first kappa shape index (κ1) is 28.9. The van der Waals surface area contributed by atoms with Gasteiger partial charge in [0.25, 0.3) is 0 Å². The molecule has 2 aromatic carbocycles. The summed E-state index contributed by atoms with van der Waals surface area (Å²) in [5.41, 5.74) is 4.31. The molecule has 2 atom stereocenters. The maximum atomic E-state index is 12.4. The number of carbonyl (C=O) groups is 2. The number of benzene rings is 2. The number of carbonyl (C=O) groups excluding carboxylic acids is 2. The van der Waals surface area contributed by atoms with E-state index in [-0.39, 0.29) is 29.4 Å². The number of nitrogens with one attached hydrogen (secondary N) is 3. The van der Waals surface area contributed by atoms with Crippen LogP contribution in [-0.2, 0) is 9.53 Å². The van der Waals surface area contributed by atoms with E-state index in [1.54, 1.807) is 44.2 Å². The number of allylic oxidation sites excluding steroid dienone is 1. The Bertz CT molecular complexity index is 1240. The molecule has 5 N–H and O–H groups in total. The van der Waals surface area contributed by atoms with Crippen molar-refractivity contribution in [3.63, 3.8) is 0 Å². The third-order valence-electron chi connectivity index (χ3n) is 5.61. The van der Waals surface area contributed by atoms with Gasteiger partial charge in [0.2, 0.25) is 5.75 Å². The number of hydrazone groups is 1. The first-order valence-electron chi connectivity index (χ1n) is 11.9. The Morgan fingerprint density at radius 1 is 1.10 bits per heavy atom. The molecule has 1 heterocycles. The van der Waals surface area contributed by atoms with Crippen LogP contribution in [0.15, 0.2) is 46.7 Å². The Labute approximate surface area is 225 Å². The molecule has 0 aliphatic carbocycles. The molecule has 210 valence electrons. The molecule has 0 bridgehead atoms. The average molecular weight is 545 g/mol. The van der Waals surface area contributed by atoms with Crippen LogP contribution in [0, 0.1) is 0 Å². The van der Waals surface area contributed by atoms with Gasteiger partial charge in [-0.15, -0.1) is 0 Å². The summed E-state index contributed by atoms with van der Waals surface area (Å²) >= 11 is 0. The highest BCUT2D eigenvalue weighted by Crippen LogP contribution is 2.37. The van der Waals surface area contributed by atoms with Crippen molar-refractivity contribution in [2.45, 2.75) is 26.1 Å². The number of aromatic hydroxyl groups is 1. The zero-order chi connectivity index (χ0) is 28.5. The van der Waals surface area contributed by atoms with Gasteiger partial charge in [-0.05, 0) is 43.7 Å². The predicted octanol–water partition coefficient (Wildman–Crippen LogP) is 1.93. The second kappa shape index (κ2) is 13.2. The fourth-order valence-electron chi connectivity index (χ4n) is 3.81. The molecule has 0 saturated carbocycles. The number of hydrogen-bond donors (Lipinski definition) is 5. The van der Waals surface area contributed by atoms with Crippen LogP contribution in [0.1, 0.15) is 31.0 Å². The van der Waals surface area contributed by atoms with Crippen molar-refractivity contribution in [3.8, 4) is 28.7 Å². The first-order valence-corrected chi connectivity index (χ1v) is 11.9. The topological polar surface area (TPSA) is 169 Å². The summed E-state index contributed by atoms with van der Waals surface area (Å²) in [6.45, 7) is 3.55. The third kappa shape index (κ3) is 7.02. The molecule has 3 rings (SSSR count). The van der Waals surface area contributed by atoms with Crippen LogP contribution in [0.4, 0.5) is 4.79 Å². The minimum Gasteiger partial charge on any atom is -0.502 e. The SMILES string of the molecule is CCOc1cc([C@@H]2NC(=O)NC(C)=C2C(=O)OC)ccc1OC[C@@H](O)N/N=C\c1cc(OC)c(O)c(OC)c1. The Morgan fingerprint density at radius 2 is 1.79 bits per heavy atom. The van der Waals surface area contributed by atoms with Gasteiger partial charge < -0.3 is 44.5 Å². The summed E-state index contributed by atoms with van der Waals surface area (Å²) < 4.78 is 26.6. The molecule has 13 nitrogen and oxygen atoms in total. The minimum absolute atomic E-state index is 0.134. The number of phenolic OH excluding ortho intramolecular Hbond substituents is 1. The molecule has 1 aliphatic rings. The Hall–Kier alpha value is -4.65. The van der Waals surface area contributed by atoms with E-state index in [0.29, 0.717) is 34.9 Å². The van der Waals surface area contributed by atoms with Gasteiger partial charge in [0.1, 0.15) is 6.61 Å². The molecule has 0 saturated heterocycles. The average Bonchev–Trinajstić information content (AvgIpc) is 2.92. The molecule has 0 spiro atoms. The fraction of sp³-hybridized carbons (Fsp3) is 0.346. The third-order valence-corrected chi connectivity index (χ3v) is 5.61. The lowest BCUT2D eigenvalue weighted by atomic mass is 9.95. The maximum Gasteiger partial charge on any atom is 0.337 e. The van der Waals surface area contributed by atoms with Gasteiger partial charge in [-0.25, -0.2) is 9.59 Å². The smallest absolute Gasteiger partial charge is 0.337 e. The molecular formula is C26H32N4O9. The van der Waals surface area contributed by atoms with Crippen molar-refractivity contribution in [2.75, 3.05) is 34.5 Å². The molecule has 1 aliphatic heterocycles. The largest absolute Gasteiger partial charge is 0.502 e. The molecule has 39 heavy (non-hydrogen) atoms. The number of esters is 1. The van der Waals surface area contributed by atoms with E-state index in [1.807, 2.05) is 0 Å². The van der Waals surface area contributed by atoms with Gasteiger partial charge >= 0.3 is 12.0 Å². The molecule has 0 radical (unpaired) electrons. The quantitative estimate of drug-likeness (QED) is 0.115. The molecule has 13 heteroatoms. The van der Waals surface area contributed by atoms with Crippen LogP contribution in [0.3, 0.4) is 0 Å². The number of amides is 2. The van der Waals surface area contributed by atoms with Crippen LogP contribution >= 0.6 is 0 Å². The number of aliphatic hydroxyl groups is 1. The number of phenols is 1. The van der Waals surface area contributed by atoms with Gasteiger partial charge in [0.05, 0.1) is 45.8 Å². The molecular weight excluding hydrogens is 512 g/mol. The van der Waals surface area contributed by atoms with Crippen molar-refractivity contribution in [1.29, 1.82) is 0 Å². The zero-order valence-corrected chi connectivity index (χ0v) is 22.2. The molecule has 0 unspecified atom stereocenters. The monoisotopic (exact) mass is 544 g/mol. The van der Waals surface area contributed by atoms with E-state index in [2.05, 4.69) is 21.2 Å². The van der Waals surface area contributed by atoms with E-state index in [9.17, 15) is 19.8 Å². The summed E-state index contributed by atoms with van der Waals surface area (Å²) in [6, 6.07) is 6.82. The number of methoxy groups -OCH3 is 3. The van der Waals surface area contributed by atoms with Gasteiger partial charge in [-0.3, -0.25) is 5.43 Å². The van der Waals surface area contributed by atoms with E-state index in [4.69, 9.17) is 23.7 Å². The van der Waals surface area contributed by atoms with E-state index in [1.165, 1.54) is 27.5 Å². The predicted molar refractivity (Wildman–Crippen MR) is 140 cm³/mol. The van der Waals surface area contributed by atoms with E-state index >= 15 is 0 Å². The normalized spacial score (nSPS) is 15.7. The summed E-state index contributed by atoms with van der Waals surface area (Å²) in [5.74, 6) is 0.384. The number of hydrogen-bond acceptors (Lipinski definition) is 11. The number of rotatable bonds is 12. The number of urea groups is 1. The van der Waals surface area contributed by atoms with Gasteiger partial charge in [0.15, 0.2) is 29.2 Å². The highest BCUT2D eigenvalue weighted by atomic mass is 16.5. The van der Waals surface area contributed by atoms with E-state index < -0.39 is 24.3 Å². The maximum absolute atomic E-state index is 12.4. The van der Waals surface area contributed by atoms with Crippen molar-refractivity contribution < 1.29 is 43.5 Å². The van der Waals surface area contributed by atoms with Crippen LogP contribution in [-0.4, -0.2) is 69.2 Å². The Morgan fingerprint density at radius 3 is 2.41 bits per heavy atom. The molecule has 2 aromatic rings. The van der Waals surface area contributed by atoms with Gasteiger partial charge in [0, 0.05) is 11.3 Å². The fourth-order valence-corrected chi connectivity index (χ4v) is 3.81. The zero-order valence-electron chi connectivity index (χ0n) is 22.2. The van der Waals surface area contributed by atoms with Crippen molar-refractivity contribution in [1.82, 2.24) is 16.1 Å². The highest BCUT2D eigenvalue weighted by Gasteiger charge is 2.32. The second-order valence-electron chi connectivity index (χ2n) is 8.19. The Kier molecular flexibility index (Phi) is 9.81. The van der Waals surface area contributed by atoms with Crippen LogP contribution in [0.25, 0.3) is 0 Å². The highest BCUT2D eigenvalue weighted by molar-refractivity contribution is 5.95. The summed E-state index contributed by atoms with van der Waals surface area (Å²) in [5, 5.41) is 29.6. The molecule has 0 aromatic heterocycles. The van der Waals surface area contributed by atoms with Crippen molar-refractivity contribution >= 4 is 18.2 Å². The number of aliphatic hydroxyl groups excluding tert-OH is 1. The first-order chi connectivity index (χ1) is 18.7. The van der Waals surface area contributed by atoms with Crippen molar-refractivity contribution in [2.24, 2.45) is 5.10 Å². The van der Waals surface area contributed by atoms with Crippen molar-refractivity contribution in [3.05, 3.63) is 52.7 Å². The van der Waals surface area contributed by atoms with E-state index in [0.717, 1.165) is 0 Å². The minimum atomic E-state index is -1.18. The van der Waals surface area contributed by atoms with Gasteiger partial charge in [-0.2, -0.15) is 5.10 Å². The molecule has 0 fully saturated rings. The van der Waals surface area contributed by atoms with Crippen LogP contribution in [0.2, 0.25) is 0 Å². The number of nitrogens with zero attached hydrogens (tertiary/aromatic N) is 1. The lowest BCUT2D eigenvalue weighted by Crippen LogP contribution is -2.45. The Balaban J connectivity index is 1.71. The molecule has 2 amide bonds. The summed E-state index contributed by atoms with van der Waals surface area (Å²) in [6.07, 6.45) is 0.229. The summed E-state index contributed by atoms with van der Waals surface area (Å²) in [4.78, 5) is 24.5. The van der Waals surface area contributed by atoms with Crippen LogP contribution < -0.4 is 35.0 Å². The summed E-state index contributed by atoms with van der Waals surface area (Å²) in [7, 11) is 4.09. The number of ether oxygens (including phenoxy) is 5. The standard InChI is InChI=1S/C26H32N4O9/c1-6-38-18-11-16(23-22(25(33)37-5)14(2)28-26(34)29-23)7-8-17(18)39-13-21(31)30-27-12-15-9-19(35-3)24(32)20(10-15)36-4/h7-12,21,23,30-32H,6,13H2,1-5H3,(H2,28,29,34)/b27-12-/t21-,23+/m1/s1. The second-order valence-corrected chi connectivity index (χ2v) is 8.19. The van der Waals surface area contributed by atoms with Gasteiger partial charge in [-0.1, -0.05) is 6.07 Å². The lowest BCUT2D eigenvalue weighted by Gasteiger charge is -2.28.